The van der Waals surface area contributed by atoms with E-state index in [-0.39, 0.29) is 24.4 Å². The number of carbonyl (C=O) groups is 1. The van der Waals surface area contributed by atoms with Crippen molar-refractivity contribution in [3.05, 3.63) is 42.5 Å². The van der Waals surface area contributed by atoms with Crippen LogP contribution in [0.2, 0.25) is 0 Å². The van der Waals surface area contributed by atoms with E-state index in [0.29, 0.717) is 6.04 Å². The maximum absolute atomic E-state index is 12.7. The molecule has 2 N–H and O–H groups in total. The number of likely N-dealkylation sites (tertiary alicyclic amines) is 1. The maximum Gasteiger partial charge on any atom is 0.241 e. The summed E-state index contributed by atoms with van der Waals surface area (Å²) in [6.45, 7) is 3.92. The van der Waals surface area contributed by atoms with Crippen LogP contribution in [0.1, 0.15) is 19.8 Å². The molecular weight excluding hydrogens is 322 g/mol. The van der Waals surface area contributed by atoms with Crippen LogP contribution in [-0.2, 0) is 4.79 Å². The molecule has 130 valence electrons. The van der Waals surface area contributed by atoms with Crippen molar-refractivity contribution in [1.29, 1.82) is 0 Å². The quantitative estimate of drug-likeness (QED) is 0.892. The van der Waals surface area contributed by atoms with Gasteiger partial charge in [0.2, 0.25) is 5.91 Å². The van der Waals surface area contributed by atoms with Crippen molar-refractivity contribution in [3.8, 4) is 0 Å². The molecule has 2 unspecified atom stereocenters. The Morgan fingerprint density at radius 3 is 2.75 bits per heavy atom. The molecule has 1 aliphatic rings. The van der Waals surface area contributed by atoms with E-state index in [2.05, 4.69) is 27.7 Å². The first-order valence-corrected chi connectivity index (χ1v) is 8.39. The van der Waals surface area contributed by atoms with E-state index in [1.54, 1.807) is 0 Å². The van der Waals surface area contributed by atoms with Crippen LogP contribution in [0.4, 0.5) is 5.69 Å². The summed E-state index contributed by atoms with van der Waals surface area (Å²) in [5.41, 5.74) is 0.891. The van der Waals surface area contributed by atoms with E-state index in [9.17, 15) is 4.79 Å². The third-order valence-electron chi connectivity index (χ3n) is 4.84. The van der Waals surface area contributed by atoms with E-state index < -0.39 is 0 Å². The third-order valence-corrected chi connectivity index (χ3v) is 4.84. The van der Waals surface area contributed by atoms with Gasteiger partial charge in [0.05, 0.1) is 6.04 Å². The van der Waals surface area contributed by atoms with Gasteiger partial charge in [0.15, 0.2) is 0 Å². The van der Waals surface area contributed by atoms with E-state index in [4.69, 9.17) is 0 Å². The molecule has 1 fully saturated rings. The molecule has 1 aliphatic heterocycles. The highest BCUT2D eigenvalue weighted by atomic mass is 35.5. The van der Waals surface area contributed by atoms with Crippen LogP contribution < -0.4 is 10.6 Å². The summed E-state index contributed by atoms with van der Waals surface area (Å²) in [4.78, 5) is 14.9. The molecule has 4 nitrogen and oxygen atoms in total. The highest BCUT2D eigenvalue weighted by molar-refractivity contribution is 6.03. The predicted molar refractivity (Wildman–Crippen MR) is 103 cm³/mol. The molecule has 2 aromatic rings. The number of benzene rings is 2. The first-order valence-electron chi connectivity index (χ1n) is 8.39. The standard InChI is InChI=1S/C19H25N3O.ClH/c1-14(22-12-6-9-16(13-22)20-2)19(23)21-18-11-5-8-15-7-3-4-10-17(15)18;/h3-5,7-8,10-11,14,16,20H,6,9,12-13H2,1-2H3,(H,21,23);1H. The van der Waals surface area contributed by atoms with Crippen molar-refractivity contribution in [1.82, 2.24) is 10.2 Å². The number of carbonyl (C=O) groups excluding carboxylic acids is 1. The van der Waals surface area contributed by atoms with Gasteiger partial charge in [-0.05, 0) is 44.8 Å². The minimum Gasteiger partial charge on any atom is -0.324 e. The van der Waals surface area contributed by atoms with E-state index >= 15 is 0 Å². The number of piperidine rings is 1. The van der Waals surface area contributed by atoms with Crippen LogP contribution in [0.3, 0.4) is 0 Å². The third kappa shape index (κ3) is 4.07. The maximum atomic E-state index is 12.7. The number of nitrogens with one attached hydrogen (secondary N) is 2. The van der Waals surface area contributed by atoms with Crippen LogP contribution in [-0.4, -0.2) is 43.0 Å². The highest BCUT2D eigenvalue weighted by Gasteiger charge is 2.26. The number of amides is 1. The van der Waals surface area contributed by atoms with Crippen molar-refractivity contribution in [2.24, 2.45) is 0 Å². The van der Waals surface area contributed by atoms with Gasteiger partial charge in [-0.15, -0.1) is 12.4 Å². The molecule has 0 saturated carbocycles. The molecule has 0 aromatic heterocycles. The van der Waals surface area contributed by atoms with Gasteiger partial charge in [0.1, 0.15) is 0 Å². The number of halogens is 1. The predicted octanol–water partition coefficient (Wildman–Crippen LogP) is 3.27. The molecule has 1 heterocycles. The molecule has 1 saturated heterocycles. The largest absolute Gasteiger partial charge is 0.324 e. The monoisotopic (exact) mass is 347 g/mol. The topological polar surface area (TPSA) is 44.4 Å². The van der Waals surface area contributed by atoms with E-state index in [0.717, 1.165) is 36.0 Å². The van der Waals surface area contributed by atoms with Crippen molar-refractivity contribution < 1.29 is 4.79 Å². The van der Waals surface area contributed by atoms with Crippen molar-refractivity contribution >= 4 is 34.8 Å². The highest BCUT2D eigenvalue weighted by Crippen LogP contribution is 2.23. The zero-order valence-corrected chi connectivity index (χ0v) is 15.1. The normalized spacial score (nSPS) is 19.5. The summed E-state index contributed by atoms with van der Waals surface area (Å²) in [6.07, 6.45) is 2.32. The van der Waals surface area contributed by atoms with E-state index in [1.807, 2.05) is 44.3 Å². The molecule has 3 rings (SSSR count). The van der Waals surface area contributed by atoms with Gasteiger partial charge >= 0.3 is 0 Å². The fraction of sp³-hybridized carbons (Fsp3) is 0.421. The zero-order valence-electron chi connectivity index (χ0n) is 14.3. The lowest BCUT2D eigenvalue weighted by Crippen LogP contribution is -2.51. The van der Waals surface area contributed by atoms with Crippen molar-refractivity contribution in [3.63, 3.8) is 0 Å². The van der Waals surface area contributed by atoms with Crippen LogP contribution in [0, 0.1) is 0 Å². The Hall–Kier alpha value is -1.62. The number of anilines is 1. The summed E-state index contributed by atoms with van der Waals surface area (Å²) >= 11 is 0. The molecule has 0 bridgehead atoms. The second-order valence-corrected chi connectivity index (χ2v) is 6.31. The second kappa shape index (κ2) is 8.47. The number of fused-ring (bicyclic) bond motifs is 1. The SMILES string of the molecule is CNC1CCCN(C(C)C(=O)Nc2cccc3ccccc23)C1.Cl. The Labute approximate surface area is 150 Å². The van der Waals surface area contributed by atoms with Crippen molar-refractivity contribution in [2.45, 2.75) is 31.8 Å². The van der Waals surface area contributed by atoms with Gasteiger partial charge in [0.25, 0.3) is 0 Å². The fourth-order valence-electron chi connectivity index (χ4n) is 3.33. The Bertz CT molecular complexity index is 686. The lowest BCUT2D eigenvalue weighted by Gasteiger charge is -2.36. The van der Waals surface area contributed by atoms with E-state index in [1.165, 1.54) is 6.42 Å². The molecule has 5 heteroatoms. The number of nitrogens with zero attached hydrogens (tertiary/aromatic N) is 1. The number of hydrogen-bond donors (Lipinski definition) is 2. The molecule has 0 aliphatic carbocycles. The molecule has 1 amide bonds. The van der Waals surface area contributed by atoms with Crippen molar-refractivity contribution in [2.75, 3.05) is 25.5 Å². The number of hydrogen-bond acceptors (Lipinski definition) is 3. The van der Waals surface area contributed by atoms with Crippen LogP contribution >= 0.6 is 12.4 Å². The molecular formula is C19H26ClN3O. The summed E-state index contributed by atoms with van der Waals surface area (Å²) in [6, 6.07) is 14.5. The first kappa shape index (κ1) is 18.7. The minimum absolute atomic E-state index is 0. The van der Waals surface area contributed by atoms with Crippen LogP contribution in [0.25, 0.3) is 10.8 Å². The molecule has 0 radical (unpaired) electrons. The van der Waals surface area contributed by atoms with Gasteiger partial charge < -0.3 is 10.6 Å². The van der Waals surface area contributed by atoms with Gasteiger partial charge in [-0.3, -0.25) is 9.69 Å². The fourth-order valence-corrected chi connectivity index (χ4v) is 3.33. The summed E-state index contributed by atoms with van der Waals surface area (Å²) in [7, 11) is 2.00. The summed E-state index contributed by atoms with van der Waals surface area (Å²) < 4.78 is 0. The number of likely N-dealkylation sites (N-methyl/N-ethyl adjacent to an activating group) is 1. The Morgan fingerprint density at radius 2 is 1.96 bits per heavy atom. The first-order chi connectivity index (χ1) is 11.2. The van der Waals surface area contributed by atoms with Gasteiger partial charge in [-0.25, -0.2) is 0 Å². The van der Waals surface area contributed by atoms with Gasteiger partial charge in [-0.1, -0.05) is 36.4 Å². The van der Waals surface area contributed by atoms with Crippen LogP contribution in [0.5, 0.6) is 0 Å². The minimum atomic E-state index is -0.120. The van der Waals surface area contributed by atoms with Gasteiger partial charge in [-0.2, -0.15) is 0 Å². The summed E-state index contributed by atoms with van der Waals surface area (Å²) in [5, 5.41) is 8.67. The smallest absolute Gasteiger partial charge is 0.241 e. The molecule has 2 aromatic carbocycles. The average molecular weight is 348 g/mol. The Kier molecular flexibility index (Phi) is 6.60. The van der Waals surface area contributed by atoms with Crippen LogP contribution in [0.15, 0.2) is 42.5 Å². The summed E-state index contributed by atoms with van der Waals surface area (Å²) in [5.74, 6) is 0.0677. The molecule has 0 spiro atoms. The molecule has 24 heavy (non-hydrogen) atoms. The Morgan fingerprint density at radius 1 is 1.21 bits per heavy atom. The van der Waals surface area contributed by atoms with Gasteiger partial charge in [0, 0.05) is 23.7 Å². The lowest BCUT2D eigenvalue weighted by atomic mass is 10.0. The average Bonchev–Trinajstić information content (AvgIpc) is 2.61. The lowest BCUT2D eigenvalue weighted by molar-refractivity contribution is -0.121. The zero-order chi connectivity index (χ0) is 16.2. The number of rotatable bonds is 4. The second-order valence-electron chi connectivity index (χ2n) is 6.31. The Balaban J connectivity index is 0.00000208. The molecule has 2 atom stereocenters.